The largest absolute Gasteiger partial charge is 0.457 e. The van der Waals surface area contributed by atoms with E-state index in [0.29, 0.717) is 11.5 Å². The Labute approximate surface area is 175 Å². The van der Waals surface area contributed by atoms with Crippen LogP contribution in [0.5, 0.6) is 11.5 Å². The maximum absolute atomic E-state index is 10.3. The molecule has 4 rings (SSSR count). The number of benzene rings is 2. The van der Waals surface area contributed by atoms with Gasteiger partial charge >= 0.3 is 0 Å². The second kappa shape index (κ2) is 7.14. The van der Waals surface area contributed by atoms with E-state index in [1.165, 1.54) is 0 Å². The normalized spacial score (nSPS) is 28.0. The fourth-order valence-electron chi connectivity index (χ4n) is 4.63. The Morgan fingerprint density at radius 1 is 0.967 bits per heavy atom. The van der Waals surface area contributed by atoms with Crippen LogP contribution >= 0.6 is 0 Å². The minimum Gasteiger partial charge on any atom is -0.457 e. The summed E-state index contributed by atoms with van der Waals surface area (Å²) < 4.78 is 17.7. The van der Waals surface area contributed by atoms with Gasteiger partial charge in [-0.2, -0.15) is 10.5 Å². The SMILES string of the molecule is CCOC1(OCC)N=C(N)C2(C#N)C(c3cccc(Oc4ccccc4)c3)C12C#N. The van der Waals surface area contributed by atoms with Crippen molar-refractivity contribution in [1.82, 2.24) is 0 Å². The molecule has 3 atom stereocenters. The van der Waals surface area contributed by atoms with Gasteiger partial charge in [0.1, 0.15) is 22.7 Å². The summed E-state index contributed by atoms with van der Waals surface area (Å²) in [5, 5.41) is 20.4. The number of fused-ring (bicyclic) bond motifs is 1. The predicted molar refractivity (Wildman–Crippen MR) is 109 cm³/mol. The summed E-state index contributed by atoms with van der Waals surface area (Å²) in [6, 6.07) is 21.3. The van der Waals surface area contributed by atoms with E-state index in [9.17, 15) is 10.5 Å². The number of amidine groups is 1. The summed E-state index contributed by atoms with van der Waals surface area (Å²) in [6.45, 7) is 4.09. The van der Waals surface area contributed by atoms with Crippen molar-refractivity contribution in [3.63, 3.8) is 0 Å². The van der Waals surface area contributed by atoms with Gasteiger partial charge in [0.05, 0.1) is 12.1 Å². The van der Waals surface area contributed by atoms with E-state index in [1.807, 2.05) is 54.6 Å². The molecular formula is C23H22N4O3. The Hall–Kier alpha value is -3.39. The maximum atomic E-state index is 10.3. The van der Waals surface area contributed by atoms with Crippen molar-refractivity contribution in [3.05, 3.63) is 60.2 Å². The molecule has 1 aliphatic carbocycles. The fraction of sp³-hybridized carbons (Fsp3) is 0.348. The van der Waals surface area contributed by atoms with Crippen LogP contribution in [0.2, 0.25) is 0 Å². The zero-order valence-electron chi connectivity index (χ0n) is 16.8. The Kier molecular flexibility index (Phi) is 4.74. The van der Waals surface area contributed by atoms with E-state index in [-0.39, 0.29) is 19.0 Å². The number of hydrogen-bond acceptors (Lipinski definition) is 7. The number of nitriles is 2. The first-order valence-electron chi connectivity index (χ1n) is 9.84. The van der Waals surface area contributed by atoms with Gasteiger partial charge in [0.25, 0.3) is 5.91 Å². The van der Waals surface area contributed by atoms with Crippen molar-refractivity contribution in [2.45, 2.75) is 25.7 Å². The van der Waals surface area contributed by atoms with Gasteiger partial charge < -0.3 is 19.9 Å². The van der Waals surface area contributed by atoms with Gasteiger partial charge in [-0.1, -0.05) is 30.3 Å². The lowest BCUT2D eigenvalue weighted by molar-refractivity contribution is -0.255. The number of para-hydroxylation sites is 1. The summed E-state index contributed by atoms with van der Waals surface area (Å²) in [5.74, 6) is -0.831. The molecule has 0 radical (unpaired) electrons. The van der Waals surface area contributed by atoms with Crippen molar-refractivity contribution in [1.29, 1.82) is 10.5 Å². The lowest BCUT2D eigenvalue weighted by Gasteiger charge is -2.31. The van der Waals surface area contributed by atoms with Crippen LogP contribution in [-0.2, 0) is 9.47 Å². The topological polar surface area (TPSA) is 114 Å². The standard InChI is InChI=1S/C23H22N4O3/c1-3-28-23(29-4-2)22(15-25)19(21(22,14-24)20(26)27-23)16-9-8-12-18(13-16)30-17-10-6-5-7-11-17/h5-13,19H,3-4H2,1-2H3,(H2,26,27). The summed E-state index contributed by atoms with van der Waals surface area (Å²) >= 11 is 0. The molecule has 2 aromatic carbocycles. The van der Waals surface area contributed by atoms with Crippen LogP contribution in [0.3, 0.4) is 0 Å². The molecule has 0 spiro atoms. The fourth-order valence-corrected chi connectivity index (χ4v) is 4.63. The van der Waals surface area contributed by atoms with Gasteiger partial charge in [-0.05, 0) is 43.7 Å². The molecule has 1 aliphatic heterocycles. The molecule has 3 unspecified atom stereocenters. The average Bonchev–Trinajstić information content (AvgIpc) is 3.34. The Bertz CT molecular complexity index is 1070. The quantitative estimate of drug-likeness (QED) is 0.707. The van der Waals surface area contributed by atoms with Crippen LogP contribution in [0.25, 0.3) is 0 Å². The Morgan fingerprint density at radius 3 is 2.23 bits per heavy atom. The first-order chi connectivity index (χ1) is 14.5. The second-order valence-electron chi connectivity index (χ2n) is 7.21. The summed E-state index contributed by atoms with van der Waals surface area (Å²) in [7, 11) is 0. The zero-order chi connectivity index (χ0) is 21.4. The molecule has 1 fully saturated rings. The molecule has 2 aromatic rings. The van der Waals surface area contributed by atoms with Crippen LogP contribution < -0.4 is 10.5 Å². The molecular weight excluding hydrogens is 380 g/mol. The van der Waals surface area contributed by atoms with Gasteiger partial charge in [0, 0.05) is 19.1 Å². The van der Waals surface area contributed by atoms with Crippen LogP contribution in [0, 0.1) is 33.5 Å². The minimum atomic E-state index is -1.62. The van der Waals surface area contributed by atoms with E-state index in [1.54, 1.807) is 13.8 Å². The number of aliphatic imine (C=N–C) groups is 1. The molecule has 0 bridgehead atoms. The highest BCUT2D eigenvalue weighted by molar-refractivity contribution is 6.00. The number of ether oxygens (including phenoxy) is 3. The van der Waals surface area contributed by atoms with Crippen LogP contribution in [0.15, 0.2) is 59.6 Å². The maximum Gasteiger partial charge on any atom is 0.293 e. The molecule has 7 heteroatoms. The van der Waals surface area contributed by atoms with Gasteiger partial charge in [-0.3, -0.25) is 0 Å². The lowest BCUT2D eigenvalue weighted by atomic mass is 9.93. The number of nitrogens with two attached hydrogens (primary N) is 1. The predicted octanol–water partition coefficient (Wildman–Crippen LogP) is 3.69. The van der Waals surface area contributed by atoms with Gasteiger partial charge in [0.15, 0.2) is 5.41 Å². The van der Waals surface area contributed by atoms with Gasteiger partial charge in [-0.15, -0.1) is 0 Å². The van der Waals surface area contributed by atoms with E-state index in [0.717, 1.165) is 5.56 Å². The van der Waals surface area contributed by atoms with Crippen LogP contribution in [0.1, 0.15) is 25.3 Å². The molecule has 1 heterocycles. The smallest absolute Gasteiger partial charge is 0.293 e. The van der Waals surface area contributed by atoms with Crippen LogP contribution in [0.4, 0.5) is 0 Å². The molecule has 0 saturated heterocycles. The van der Waals surface area contributed by atoms with Crippen molar-refractivity contribution in [2.24, 2.45) is 21.6 Å². The number of nitrogens with zero attached hydrogens (tertiary/aromatic N) is 3. The zero-order valence-corrected chi connectivity index (χ0v) is 16.8. The summed E-state index contributed by atoms with van der Waals surface area (Å²) in [4.78, 5) is 4.36. The average molecular weight is 402 g/mol. The van der Waals surface area contributed by atoms with E-state index < -0.39 is 22.7 Å². The molecule has 7 nitrogen and oxygen atoms in total. The van der Waals surface area contributed by atoms with Crippen molar-refractivity contribution < 1.29 is 14.2 Å². The van der Waals surface area contributed by atoms with Gasteiger partial charge in [-0.25, -0.2) is 4.99 Å². The van der Waals surface area contributed by atoms with Crippen LogP contribution in [-0.4, -0.2) is 25.0 Å². The third-order valence-electron chi connectivity index (χ3n) is 5.78. The number of hydrogen-bond donors (Lipinski definition) is 1. The third-order valence-corrected chi connectivity index (χ3v) is 5.78. The van der Waals surface area contributed by atoms with Gasteiger partial charge in [0.2, 0.25) is 0 Å². The molecule has 1 saturated carbocycles. The third kappa shape index (κ3) is 2.40. The van der Waals surface area contributed by atoms with Crippen molar-refractivity contribution >= 4 is 5.84 Å². The second-order valence-corrected chi connectivity index (χ2v) is 7.21. The monoisotopic (exact) mass is 402 g/mol. The van der Waals surface area contributed by atoms with Crippen molar-refractivity contribution in [3.8, 4) is 23.6 Å². The Morgan fingerprint density at radius 2 is 1.63 bits per heavy atom. The van der Waals surface area contributed by atoms with E-state index in [4.69, 9.17) is 19.9 Å². The molecule has 2 N–H and O–H groups in total. The summed E-state index contributed by atoms with van der Waals surface area (Å²) in [6.07, 6.45) is 0. The highest BCUT2D eigenvalue weighted by atomic mass is 16.7. The molecule has 30 heavy (non-hydrogen) atoms. The molecule has 152 valence electrons. The number of rotatable bonds is 7. The molecule has 0 aromatic heterocycles. The Balaban J connectivity index is 1.79. The van der Waals surface area contributed by atoms with E-state index in [2.05, 4.69) is 17.1 Å². The lowest BCUT2D eigenvalue weighted by Crippen LogP contribution is -2.43. The highest BCUT2D eigenvalue weighted by Gasteiger charge is 2.93. The van der Waals surface area contributed by atoms with Crippen molar-refractivity contribution in [2.75, 3.05) is 13.2 Å². The molecule has 2 aliphatic rings. The minimum absolute atomic E-state index is 0.0628. The summed E-state index contributed by atoms with van der Waals surface area (Å²) in [5.41, 5.74) is 4.28. The highest BCUT2D eigenvalue weighted by Crippen LogP contribution is 2.82. The molecule has 0 amide bonds. The van der Waals surface area contributed by atoms with E-state index >= 15 is 0 Å². The first-order valence-corrected chi connectivity index (χ1v) is 9.84. The first kappa shape index (κ1) is 19.9.